The number of ether oxygens (including phenoxy) is 2. The smallest absolute Gasteiger partial charge is 0.338 e. The molecule has 0 radical (unpaired) electrons. The minimum absolute atomic E-state index is 0.0417. The van der Waals surface area contributed by atoms with Gasteiger partial charge in [-0.1, -0.05) is 6.92 Å². The lowest BCUT2D eigenvalue weighted by atomic mass is 9.65. The summed E-state index contributed by atoms with van der Waals surface area (Å²) in [6.07, 6.45) is 6.91. The number of hydrogen-bond donors (Lipinski definition) is 0. The van der Waals surface area contributed by atoms with E-state index in [0.717, 1.165) is 37.0 Å². The quantitative estimate of drug-likeness (QED) is 0.356. The van der Waals surface area contributed by atoms with E-state index < -0.39 is 39.9 Å². The van der Waals surface area contributed by atoms with Crippen molar-refractivity contribution in [3.63, 3.8) is 0 Å². The largest absolute Gasteiger partial charge is 0.748 e. The summed E-state index contributed by atoms with van der Waals surface area (Å²) in [5.41, 5.74) is -0.331. The molecule has 0 heterocycles. The first kappa shape index (κ1) is 21.2. The van der Waals surface area contributed by atoms with Crippen LogP contribution in [0.15, 0.2) is 18.2 Å². The van der Waals surface area contributed by atoms with Crippen molar-refractivity contribution in [2.45, 2.75) is 51.0 Å². The molecule has 5 rings (SSSR count). The predicted molar refractivity (Wildman–Crippen MR) is 109 cm³/mol. The van der Waals surface area contributed by atoms with Crippen LogP contribution in [-0.2, 0) is 14.9 Å². The molecule has 1 aromatic carbocycles. The predicted octanol–water partition coefficient (Wildman–Crippen LogP) is 3.76. The molecule has 0 amide bonds. The molecular formula is C23H28FO6S-. The van der Waals surface area contributed by atoms with Gasteiger partial charge in [-0.15, -0.1) is 0 Å². The molecule has 4 aliphatic carbocycles. The molecule has 0 spiro atoms. The molecule has 4 aliphatic rings. The Morgan fingerprint density at radius 1 is 1.19 bits per heavy atom. The van der Waals surface area contributed by atoms with Crippen LogP contribution in [0.1, 0.15) is 55.8 Å². The third-order valence-corrected chi connectivity index (χ3v) is 9.21. The molecule has 170 valence electrons. The van der Waals surface area contributed by atoms with Crippen molar-refractivity contribution in [1.82, 2.24) is 0 Å². The summed E-state index contributed by atoms with van der Waals surface area (Å²) in [6.45, 7) is 1.56. The summed E-state index contributed by atoms with van der Waals surface area (Å²) in [7, 11) is -4.47. The van der Waals surface area contributed by atoms with Crippen LogP contribution in [0.3, 0.4) is 0 Å². The summed E-state index contributed by atoms with van der Waals surface area (Å²) in [5, 5.41) is 0. The second-order valence-corrected chi connectivity index (χ2v) is 11.4. The van der Waals surface area contributed by atoms with Crippen LogP contribution in [0.4, 0.5) is 4.39 Å². The van der Waals surface area contributed by atoms with E-state index in [0.29, 0.717) is 17.8 Å². The van der Waals surface area contributed by atoms with Gasteiger partial charge >= 0.3 is 5.97 Å². The van der Waals surface area contributed by atoms with E-state index in [-0.39, 0.29) is 11.3 Å². The number of carbonyl (C=O) groups is 1. The molecule has 7 unspecified atom stereocenters. The molecule has 31 heavy (non-hydrogen) atoms. The summed E-state index contributed by atoms with van der Waals surface area (Å²) in [6, 6.07) is 3.79. The van der Waals surface area contributed by atoms with Crippen LogP contribution in [0, 0.1) is 41.3 Å². The number of rotatable bonds is 7. The fourth-order valence-electron chi connectivity index (χ4n) is 7.54. The van der Waals surface area contributed by atoms with Gasteiger partial charge in [-0.05, 0) is 86.3 Å². The molecule has 8 heteroatoms. The average Bonchev–Trinajstić information content (AvgIpc) is 3.47. The fraction of sp³-hybridized carbons (Fsp3) is 0.696. The number of benzene rings is 1. The van der Waals surface area contributed by atoms with E-state index >= 15 is 0 Å². The maximum atomic E-state index is 14.7. The highest BCUT2D eigenvalue weighted by Crippen LogP contribution is 2.70. The topological polar surface area (TPSA) is 92.7 Å². The van der Waals surface area contributed by atoms with Gasteiger partial charge in [0.15, 0.2) is 11.6 Å². The van der Waals surface area contributed by atoms with Crippen molar-refractivity contribution in [2.75, 3.05) is 12.4 Å². The molecule has 0 aromatic heterocycles. The van der Waals surface area contributed by atoms with Gasteiger partial charge in [0.1, 0.15) is 12.2 Å². The highest BCUT2D eigenvalue weighted by atomic mass is 32.2. The van der Waals surface area contributed by atoms with E-state index in [2.05, 4.69) is 6.92 Å². The summed E-state index contributed by atoms with van der Waals surface area (Å²) in [5.74, 6) is 2.14. The lowest BCUT2D eigenvalue weighted by molar-refractivity contribution is -0.0485. The summed E-state index contributed by atoms with van der Waals surface area (Å²) >= 11 is 0. The zero-order chi connectivity index (χ0) is 22.0. The van der Waals surface area contributed by atoms with Gasteiger partial charge in [0.2, 0.25) is 0 Å². The third-order valence-electron chi connectivity index (χ3n) is 8.54. The monoisotopic (exact) mass is 451 g/mol. The molecule has 0 N–H and O–H groups in total. The van der Waals surface area contributed by atoms with Gasteiger partial charge in [-0.3, -0.25) is 0 Å². The number of fused-ring (bicyclic) bond motifs is 9. The lowest BCUT2D eigenvalue weighted by Gasteiger charge is -2.46. The van der Waals surface area contributed by atoms with Crippen LogP contribution >= 0.6 is 0 Å². The van der Waals surface area contributed by atoms with Crippen LogP contribution in [0.25, 0.3) is 0 Å². The average molecular weight is 452 g/mol. The SMILES string of the molecule is CCC1(Oc2cc(C(=O)OCCS(=O)(=O)[O-])ccc2F)CC2CC1C1C3CCC(C3)C21. The Kier molecular flexibility index (Phi) is 5.09. The molecule has 1 aromatic rings. The van der Waals surface area contributed by atoms with Crippen molar-refractivity contribution >= 4 is 16.1 Å². The number of esters is 1. The first-order valence-corrected chi connectivity index (χ1v) is 12.9. The number of carbonyl (C=O) groups excluding carboxylic acids is 1. The van der Waals surface area contributed by atoms with E-state index in [1.807, 2.05) is 0 Å². The Balaban J connectivity index is 1.34. The van der Waals surface area contributed by atoms with Gasteiger partial charge in [-0.25, -0.2) is 17.6 Å². The zero-order valence-corrected chi connectivity index (χ0v) is 18.4. The highest BCUT2D eigenvalue weighted by molar-refractivity contribution is 7.85. The standard InChI is InChI=1S/C23H29FO6S/c1-2-23(12-16-10-17(23)21-14-4-3-13(9-14)20(16)21)30-19-11-15(5-6-18(19)24)22(25)29-7-8-31(26,27)28/h5-6,11,13-14,16-17,20-21H,2-4,7-10,12H2,1H3,(H,26,27,28)/p-1. The van der Waals surface area contributed by atoms with Gasteiger partial charge in [0, 0.05) is 5.92 Å². The minimum atomic E-state index is -4.47. The second kappa shape index (κ2) is 7.44. The Labute approximate surface area is 182 Å². The number of hydrogen-bond acceptors (Lipinski definition) is 6. The Morgan fingerprint density at radius 2 is 1.94 bits per heavy atom. The maximum absolute atomic E-state index is 14.7. The lowest BCUT2D eigenvalue weighted by Crippen LogP contribution is -2.48. The van der Waals surface area contributed by atoms with Gasteiger partial charge < -0.3 is 14.0 Å². The first-order chi connectivity index (χ1) is 14.7. The highest BCUT2D eigenvalue weighted by Gasteiger charge is 2.67. The second-order valence-electron chi connectivity index (χ2n) is 9.86. The van der Waals surface area contributed by atoms with E-state index in [1.165, 1.54) is 37.5 Å². The maximum Gasteiger partial charge on any atom is 0.338 e. The van der Waals surface area contributed by atoms with Crippen molar-refractivity contribution in [2.24, 2.45) is 35.5 Å². The normalized spacial score (nSPS) is 37.8. The van der Waals surface area contributed by atoms with Gasteiger partial charge in [0.05, 0.1) is 21.4 Å². The van der Waals surface area contributed by atoms with E-state index in [4.69, 9.17) is 9.47 Å². The Bertz CT molecular complexity index is 994. The molecule has 7 atom stereocenters. The van der Waals surface area contributed by atoms with Crippen LogP contribution < -0.4 is 4.74 Å². The molecule has 4 fully saturated rings. The van der Waals surface area contributed by atoms with Crippen molar-refractivity contribution in [1.29, 1.82) is 0 Å². The molecule has 0 aliphatic heterocycles. The zero-order valence-electron chi connectivity index (χ0n) is 17.6. The van der Waals surface area contributed by atoms with E-state index in [9.17, 15) is 22.2 Å². The molecule has 4 saturated carbocycles. The fourth-order valence-corrected chi connectivity index (χ4v) is 7.83. The summed E-state index contributed by atoms with van der Waals surface area (Å²) < 4.78 is 58.0. The van der Waals surface area contributed by atoms with Crippen LogP contribution in [0.5, 0.6) is 5.75 Å². The van der Waals surface area contributed by atoms with E-state index in [1.54, 1.807) is 0 Å². The van der Waals surface area contributed by atoms with Crippen LogP contribution in [-0.4, -0.2) is 36.9 Å². The van der Waals surface area contributed by atoms with Gasteiger partial charge in [0.25, 0.3) is 0 Å². The minimum Gasteiger partial charge on any atom is -0.748 e. The van der Waals surface area contributed by atoms with Gasteiger partial charge in [-0.2, -0.15) is 0 Å². The third kappa shape index (κ3) is 3.55. The molecule has 0 saturated heterocycles. The number of halogens is 1. The Morgan fingerprint density at radius 3 is 2.65 bits per heavy atom. The van der Waals surface area contributed by atoms with Crippen LogP contribution in [0.2, 0.25) is 0 Å². The molecule has 6 nitrogen and oxygen atoms in total. The first-order valence-electron chi connectivity index (χ1n) is 11.3. The Hall–Kier alpha value is -1.67. The molecule has 4 bridgehead atoms. The van der Waals surface area contributed by atoms with Crippen molar-refractivity contribution < 1.29 is 31.6 Å². The van der Waals surface area contributed by atoms with Crippen molar-refractivity contribution in [3.8, 4) is 5.75 Å². The summed E-state index contributed by atoms with van der Waals surface area (Å²) in [4.78, 5) is 12.2. The molecular weight excluding hydrogens is 423 g/mol. The van der Waals surface area contributed by atoms with Crippen molar-refractivity contribution in [3.05, 3.63) is 29.6 Å².